The van der Waals surface area contributed by atoms with Gasteiger partial charge in [0.25, 0.3) is 0 Å². The van der Waals surface area contributed by atoms with E-state index in [2.05, 4.69) is 30.4 Å². The van der Waals surface area contributed by atoms with Crippen molar-refractivity contribution in [2.75, 3.05) is 7.11 Å². The Hall–Kier alpha value is -1.84. The highest BCUT2D eigenvalue weighted by molar-refractivity contribution is 6.08. The molecule has 2 aliphatic rings. The van der Waals surface area contributed by atoms with E-state index in [0.717, 1.165) is 23.4 Å². The summed E-state index contributed by atoms with van der Waals surface area (Å²) in [4.78, 5) is 12.5. The Labute approximate surface area is 125 Å². The average molecular weight is 286 g/mol. The maximum Gasteiger partial charge on any atom is 0.144 e. The van der Waals surface area contributed by atoms with Gasteiger partial charge in [-0.05, 0) is 29.5 Å². The Morgan fingerprint density at radius 3 is 3.00 bits per heavy atom. The molecule has 4 nitrogen and oxygen atoms in total. The summed E-state index contributed by atoms with van der Waals surface area (Å²) in [7, 11) is 1.66. The molecule has 0 bridgehead atoms. The van der Waals surface area contributed by atoms with E-state index in [-0.39, 0.29) is 17.4 Å². The molecule has 0 amide bonds. The van der Waals surface area contributed by atoms with Gasteiger partial charge in [-0.3, -0.25) is 4.79 Å². The maximum atomic E-state index is 12.5. The number of carbonyl (C=O) groups excluding carboxylic acids is 1. The number of carbonyl (C=O) groups is 1. The van der Waals surface area contributed by atoms with Crippen LogP contribution in [0.1, 0.15) is 32.3 Å². The fourth-order valence-corrected chi connectivity index (χ4v) is 3.51. The van der Waals surface area contributed by atoms with Crippen LogP contribution in [0.5, 0.6) is 5.75 Å². The largest absolute Gasteiger partial charge is 0.497 e. The fourth-order valence-electron chi connectivity index (χ4n) is 3.51. The number of nitrogens with zero attached hydrogens (tertiary/aromatic N) is 1. The Bertz CT molecular complexity index is 592. The highest BCUT2D eigenvalue weighted by Gasteiger charge is 2.45. The van der Waals surface area contributed by atoms with Gasteiger partial charge in [0, 0.05) is 12.8 Å². The number of hydrogen-bond donors (Lipinski definition) is 1. The summed E-state index contributed by atoms with van der Waals surface area (Å²) in [5.41, 5.74) is 5.35. The molecule has 0 aromatic heterocycles. The first-order valence-corrected chi connectivity index (χ1v) is 7.46. The van der Waals surface area contributed by atoms with Gasteiger partial charge < -0.3 is 10.2 Å². The predicted molar refractivity (Wildman–Crippen MR) is 82.6 cm³/mol. The van der Waals surface area contributed by atoms with Gasteiger partial charge in [-0.1, -0.05) is 26.0 Å². The van der Waals surface area contributed by atoms with E-state index in [9.17, 15) is 4.79 Å². The quantitative estimate of drug-likeness (QED) is 0.929. The van der Waals surface area contributed by atoms with Crippen LogP contribution in [0.3, 0.4) is 0 Å². The van der Waals surface area contributed by atoms with Crippen molar-refractivity contribution in [3.8, 4) is 5.75 Å². The number of fused-ring (bicyclic) bond motifs is 1. The number of methoxy groups -OCH3 is 1. The van der Waals surface area contributed by atoms with Crippen molar-refractivity contribution < 1.29 is 9.53 Å². The molecule has 0 radical (unpaired) electrons. The molecule has 1 saturated carbocycles. The lowest BCUT2D eigenvalue weighted by Crippen LogP contribution is -2.45. The Kier molecular flexibility index (Phi) is 3.47. The van der Waals surface area contributed by atoms with Crippen LogP contribution in [-0.2, 0) is 11.2 Å². The maximum absolute atomic E-state index is 12.5. The SMILES string of the molecule is COc1cccc(CC2=NNC3CC(C)(C)CC(=O)C23)c1. The van der Waals surface area contributed by atoms with Crippen molar-refractivity contribution in [2.24, 2.45) is 16.4 Å². The molecule has 3 rings (SSSR count). The first kappa shape index (κ1) is 14.1. The number of rotatable bonds is 3. The zero-order valence-electron chi connectivity index (χ0n) is 12.8. The summed E-state index contributed by atoms with van der Waals surface area (Å²) in [5, 5.41) is 4.45. The van der Waals surface area contributed by atoms with E-state index < -0.39 is 0 Å². The van der Waals surface area contributed by atoms with Crippen molar-refractivity contribution >= 4 is 11.5 Å². The molecule has 0 saturated heterocycles. The molecule has 1 fully saturated rings. The van der Waals surface area contributed by atoms with Crippen LogP contribution in [0.15, 0.2) is 29.4 Å². The van der Waals surface area contributed by atoms with Crippen molar-refractivity contribution in [1.82, 2.24) is 5.43 Å². The zero-order chi connectivity index (χ0) is 15.0. The van der Waals surface area contributed by atoms with Gasteiger partial charge in [0.15, 0.2) is 0 Å². The number of Topliss-reactive ketones (excluding diaryl/α,β-unsaturated/α-hetero) is 1. The van der Waals surface area contributed by atoms with Crippen LogP contribution in [0.4, 0.5) is 0 Å². The molecule has 1 N–H and O–H groups in total. The normalized spacial score (nSPS) is 26.8. The van der Waals surface area contributed by atoms with Gasteiger partial charge >= 0.3 is 0 Å². The molecule has 2 atom stereocenters. The summed E-state index contributed by atoms with van der Waals surface area (Å²) in [6, 6.07) is 8.13. The van der Waals surface area contributed by atoms with E-state index in [0.29, 0.717) is 18.6 Å². The minimum atomic E-state index is -0.0516. The molecule has 112 valence electrons. The van der Waals surface area contributed by atoms with Crippen LogP contribution in [0.25, 0.3) is 0 Å². The molecule has 0 spiro atoms. The molecular formula is C17H22N2O2. The van der Waals surface area contributed by atoms with Crippen molar-refractivity contribution in [2.45, 2.75) is 39.2 Å². The van der Waals surface area contributed by atoms with E-state index in [4.69, 9.17) is 4.74 Å². The second-order valence-corrected chi connectivity index (χ2v) is 6.86. The highest BCUT2D eigenvalue weighted by Crippen LogP contribution is 2.39. The topological polar surface area (TPSA) is 50.7 Å². The Morgan fingerprint density at radius 1 is 1.43 bits per heavy atom. The predicted octanol–water partition coefficient (Wildman–Crippen LogP) is 2.57. The first-order valence-electron chi connectivity index (χ1n) is 7.46. The van der Waals surface area contributed by atoms with Crippen LogP contribution >= 0.6 is 0 Å². The molecule has 2 unspecified atom stereocenters. The summed E-state index contributed by atoms with van der Waals surface area (Å²) >= 11 is 0. The second-order valence-electron chi connectivity index (χ2n) is 6.86. The van der Waals surface area contributed by atoms with E-state index >= 15 is 0 Å². The first-order chi connectivity index (χ1) is 9.98. The Morgan fingerprint density at radius 2 is 2.24 bits per heavy atom. The lowest BCUT2D eigenvalue weighted by atomic mass is 9.68. The fraction of sp³-hybridized carbons (Fsp3) is 0.529. The lowest BCUT2D eigenvalue weighted by molar-refractivity contribution is -0.126. The molecule has 1 aromatic carbocycles. The summed E-state index contributed by atoms with van der Waals surface area (Å²) in [6.07, 6.45) is 2.35. The summed E-state index contributed by atoms with van der Waals surface area (Å²) < 4.78 is 5.25. The van der Waals surface area contributed by atoms with Crippen LogP contribution in [-0.4, -0.2) is 24.6 Å². The third-order valence-corrected chi connectivity index (χ3v) is 4.43. The average Bonchev–Trinajstić information content (AvgIpc) is 2.80. The van der Waals surface area contributed by atoms with Crippen LogP contribution < -0.4 is 10.2 Å². The van der Waals surface area contributed by atoms with Gasteiger partial charge in [0.1, 0.15) is 11.5 Å². The zero-order valence-corrected chi connectivity index (χ0v) is 12.8. The van der Waals surface area contributed by atoms with Gasteiger partial charge in [-0.25, -0.2) is 0 Å². The molecule has 21 heavy (non-hydrogen) atoms. The monoisotopic (exact) mass is 286 g/mol. The number of nitrogens with one attached hydrogen (secondary N) is 1. The van der Waals surface area contributed by atoms with Crippen LogP contribution in [0.2, 0.25) is 0 Å². The van der Waals surface area contributed by atoms with Gasteiger partial charge in [-0.2, -0.15) is 5.10 Å². The van der Waals surface area contributed by atoms with Crippen molar-refractivity contribution in [3.05, 3.63) is 29.8 Å². The summed E-state index contributed by atoms with van der Waals surface area (Å²) in [5.74, 6) is 1.11. The number of benzene rings is 1. The van der Waals surface area contributed by atoms with E-state index in [1.807, 2.05) is 18.2 Å². The minimum Gasteiger partial charge on any atom is -0.497 e. The van der Waals surface area contributed by atoms with Gasteiger partial charge in [0.05, 0.1) is 24.8 Å². The molecular weight excluding hydrogens is 264 g/mol. The van der Waals surface area contributed by atoms with Gasteiger partial charge in [-0.15, -0.1) is 0 Å². The standard InChI is InChI=1S/C17H22N2O2/c1-17(2)9-14-16(15(20)10-17)13(18-19-14)8-11-5-4-6-12(7-11)21-3/h4-7,14,16,19H,8-10H2,1-3H3. The molecule has 1 aliphatic carbocycles. The Balaban J connectivity index is 1.77. The highest BCUT2D eigenvalue weighted by atomic mass is 16.5. The second kappa shape index (κ2) is 5.17. The van der Waals surface area contributed by atoms with Crippen molar-refractivity contribution in [1.29, 1.82) is 0 Å². The molecule has 1 aromatic rings. The van der Waals surface area contributed by atoms with Crippen molar-refractivity contribution in [3.63, 3.8) is 0 Å². The lowest BCUT2D eigenvalue weighted by Gasteiger charge is -2.36. The third-order valence-electron chi connectivity index (χ3n) is 4.43. The number of ketones is 1. The van der Waals surface area contributed by atoms with Crippen LogP contribution in [0, 0.1) is 11.3 Å². The van der Waals surface area contributed by atoms with Gasteiger partial charge in [0.2, 0.25) is 0 Å². The number of ether oxygens (including phenoxy) is 1. The van der Waals surface area contributed by atoms with E-state index in [1.165, 1.54) is 0 Å². The molecule has 1 aliphatic heterocycles. The smallest absolute Gasteiger partial charge is 0.144 e. The minimum absolute atomic E-state index is 0.0516. The van der Waals surface area contributed by atoms with E-state index in [1.54, 1.807) is 7.11 Å². The molecule has 1 heterocycles. The number of hydrogen-bond acceptors (Lipinski definition) is 4. The number of hydrazone groups is 1. The third kappa shape index (κ3) is 2.80. The molecule has 4 heteroatoms. The summed E-state index contributed by atoms with van der Waals surface area (Å²) in [6.45, 7) is 4.31.